The zero-order valence-corrected chi connectivity index (χ0v) is 13.4. The van der Waals surface area contributed by atoms with Gasteiger partial charge < -0.3 is 9.88 Å². The maximum atomic E-state index is 6.26. The highest BCUT2D eigenvalue weighted by molar-refractivity contribution is 6.42. The SMILES string of the molecule is CCCNC(C)c1cccn1Cc1cccc(Cl)c1Cl. The van der Waals surface area contributed by atoms with Crippen molar-refractivity contribution in [3.63, 3.8) is 0 Å². The zero-order chi connectivity index (χ0) is 14.5. The minimum absolute atomic E-state index is 0.322. The Morgan fingerprint density at radius 2 is 2.00 bits per heavy atom. The van der Waals surface area contributed by atoms with E-state index in [-0.39, 0.29) is 0 Å². The van der Waals surface area contributed by atoms with Crippen molar-refractivity contribution in [3.8, 4) is 0 Å². The number of aromatic nitrogens is 1. The maximum Gasteiger partial charge on any atom is 0.0642 e. The number of nitrogens with zero attached hydrogens (tertiary/aromatic N) is 1. The van der Waals surface area contributed by atoms with E-state index in [0.717, 1.165) is 25.1 Å². The first-order valence-electron chi connectivity index (χ1n) is 6.94. The largest absolute Gasteiger partial charge is 0.346 e. The van der Waals surface area contributed by atoms with Gasteiger partial charge in [0.05, 0.1) is 10.0 Å². The van der Waals surface area contributed by atoms with Gasteiger partial charge >= 0.3 is 0 Å². The highest BCUT2D eigenvalue weighted by Gasteiger charge is 2.11. The standard InChI is InChI=1S/C16H20Cl2N2/c1-3-9-19-12(2)15-8-5-10-20(15)11-13-6-4-7-14(17)16(13)18/h4-8,10,12,19H,3,9,11H2,1-2H3. The van der Waals surface area contributed by atoms with E-state index >= 15 is 0 Å². The molecule has 0 spiro atoms. The zero-order valence-electron chi connectivity index (χ0n) is 11.9. The molecule has 0 saturated heterocycles. The Hall–Kier alpha value is -0.960. The molecule has 1 N–H and O–H groups in total. The van der Waals surface area contributed by atoms with Crippen molar-refractivity contribution in [2.24, 2.45) is 0 Å². The molecule has 2 rings (SSSR count). The number of hydrogen-bond acceptors (Lipinski definition) is 1. The number of benzene rings is 1. The number of halogens is 2. The first-order valence-corrected chi connectivity index (χ1v) is 7.70. The third-order valence-electron chi connectivity index (χ3n) is 3.38. The molecule has 0 aliphatic carbocycles. The topological polar surface area (TPSA) is 17.0 Å². The third-order valence-corrected chi connectivity index (χ3v) is 4.24. The van der Waals surface area contributed by atoms with Crippen LogP contribution in [-0.2, 0) is 6.54 Å². The minimum Gasteiger partial charge on any atom is -0.346 e. The fraction of sp³-hybridized carbons (Fsp3) is 0.375. The van der Waals surface area contributed by atoms with Crippen LogP contribution in [-0.4, -0.2) is 11.1 Å². The molecule has 0 bridgehead atoms. The van der Waals surface area contributed by atoms with Crippen LogP contribution in [0.15, 0.2) is 36.5 Å². The fourth-order valence-corrected chi connectivity index (χ4v) is 2.66. The Morgan fingerprint density at radius 1 is 1.20 bits per heavy atom. The number of hydrogen-bond donors (Lipinski definition) is 1. The molecule has 2 aromatic rings. The lowest BCUT2D eigenvalue weighted by Crippen LogP contribution is -2.22. The molecule has 1 atom stereocenters. The molecule has 0 amide bonds. The van der Waals surface area contributed by atoms with Crippen molar-refractivity contribution in [3.05, 3.63) is 57.8 Å². The maximum absolute atomic E-state index is 6.26. The monoisotopic (exact) mass is 310 g/mol. The van der Waals surface area contributed by atoms with Crippen LogP contribution in [0.2, 0.25) is 10.0 Å². The molecular formula is C16H20Cl2N2. The van der Waals surface area contributed by atoms with Gasteiger partial charge in [0.2, 0.25) is 0 Å². The average molecular weight is 311 g/mol. The van der Waals surface area contributed by atoms with E-state index < -0.39 is 0 Å². The van der Waals surface area contributed by atoms with Crippen LogP contribution >= 0.6 is 23.2 Å². The summed E-state index contributed by atoms with van der Waals surface area (Å²) in [5, 5.41) is 4.76. The predicted octanol–water partition coefficient (Wildman–Crippen LogP) is 4.90. The Balaban J connectivity index is 2.18. The summed E-state index contributed by atoms with van der Waals surface area (Å²) >= 11 is 12.3. The molecule has 4 heteroatoms. The van der Waals surface area contributed by atoms with E-state index in [1.165, 1.54) is 5.69 Å². The van der Waals surface area contributed by atoms with E-state index in [4.69, 9.17) is 23.2 Å². The molecule has 0 aliphatic rings. The molecule has 20 heavy (non-hydrogen) atoms. The van der Waals surface area contributed by atoms with E-state index in [2.05, 4.69) is 42.1 Å². The van der Waals surface area contributed by atoms with Crippen molar-refractivity contribution in [2.45, 2.75) is 32.9 Å². The summed E-state index contributed by atoms with van der Waals surface area (Å²) in [4.78, 5) is 0. The molecule has 1 aromatic carbocycles. The smallest absolute Gasteiger partial charge is 0.0642 e. The summed E-state index contributed by atoms with van der Waals surface area (Å²) in [5.74, 6) is 0. The molecule has 0 radical (unpaired) electrons. The van der Waals surface area contributed by atoms with Gasteiger partial charge in [-0.15, -0.1) is 0 Å². The summed E-state index contributed by atoms with van der Waals surface area (Å²) in [7, 11) is 0. The lowest BCUT2D eigenvalue weighted by atomic mass is 10.2. The lowest BCUT2D eigenvalue weighted by Gasteiger charge is -2.17. The Bertz CT molecular complexity index is 563. The summed E-state index contributed by atoms with van der Waals surface area (Å²) in [6.07, 6.45) is 3.21. The minimum atomic E-state index is 0.322. The second-order valence-electron chi connectivity index (χ2n) is 4.95. The normalized spacial score (nSPS) is 12.6. The van der Waals surface area contributed by atoms with Gasteiger partial charge in [-0.25, -0.2) is 0 Å². The first-order chi connectivity index (χ1) is 9.63. The number of rotatable bonds is 6. The van der Waals surface area contributed by atoms with E-state index in [1.54, 1.807) is 0 Å². The Morgan fingerprint density at radius 3 is 2.75 bits per heavy atom. The van der Waals surface area contributed by atoms with Gasteiger partial charge in [0.15, 0.2) is 0 Å². The Labute approximate surface area is 130 Å². The van der Waals surface area contributed by atoms with Gasteiger partial charge in [0.25, 0.3) is 0 Å². The molecule has 1 heterocycles. The van der Waals surface area contributed by atoms with Crippen molar-refractivity contribution in [1.29, 1.82) is 0 Å². The van der Waals surface area contributed by atoms with Gasteiger partial charge in [-0.3, -0.25) is 0 Å². The molecule has 1 unspecified atom stereocenters. The summed E-state index contributed by atoms with van der Waals surface area (Å²) in [6.45, 7) is 6.11. The van der Waals surface area contributed by atoms with Gasteiger partial charge in [-0.2, -0.15) is 0 Å². The van der Waals surface area contributed by atoms with Gasteiger partial charge in [0, 0.05) is 24.5 Å². The van der Waals surface area contributed by atoms with Crippen LogP contribution in [0.4, 0.5) is 0 Å². The van der Waals surface area contributed by atoms with Gasteiger partial charge in [-0.05, 0) is 43.7 Å². The lowest BCUT2D eigenvalue weighted by molar-refractivity contribution is 0.534. The highest BCUT2D eigenvalue weighted by atomic mass is 35.5. The van der Waals surface area contributed by atoms with Crippen molar-refractivity contribution in [2.75, 3.05) is 6.54 Å². The van der Waals surface area contributed by atoms with Crippen LogP contribution in [0.1, 0.15) is 37.6 Å². The third kappa shape index (κ3) is 3.57. The van der Waals surface area contributed by atoms with Crippen molar-refractivity contribution >= 4 is 23.2 Å². The highest BCUT2D eigenvalue weighted by Crippen LogP contribution is 2.27. The van der Waals surface area contributed by atoms with Crippen LogP contribution in [0, 0.1) is 0 Å². The Kier molecular flexibility index (Phi) is 5.53. The second kappa shape index (κ2) is 7.16. The first kappa shape index (κ1) is 15.4. The second-order valence-corrected chi connectivity index (χ2v) is 5.73. The van der Waals surface area contributed by atoms with E-state index in [0.29, 0.717) is 16.1 Å². The van der Waals surface area contributed by atoms with Crippen LogP contribution in [0.25, 0.3) is 0 Å². The summed E-state index contributed by atoms with van der Waals surface area (Å²) in [5.41, 5.74) is 2.30. The van der Waals surface area contributed by atoms with E-state index in [1.807, 2.05) is 18.2 Å². The summed E-state index contributed by atoms with van der Waals surface area (Å²) < 4.78 is 2.21. The number of nitrogens with one attached hydrogen (secondary N) is 1. The molecule has 108 valence electrons. The van der Waals surface area contributed by atoms with Gasteiger partial charge in [0.1, 0.15) is 0 Å². The fourth-order valence-electron chi connectivity index (χ4n) is 2.28. The van der Waals surface area contributed by atoms with Crippen LogP contribution in [0.5, 0.6) is 0 Å². The molecule has 2 nitrogen and oxygen atoms in total. The van der Waals surface area contributed by atoms with E-state index in [9.17, 15) is 0 Å². The molecular weight excluding hydrogens is 291 g/mol. The van der Waals surface area contributed by atoms with Crippen molar-refractivity contribution in [1.82, 2.24) is 9.88 Å². The summed E-state index contributed by atoms with van der Waals surface area (Å²) in [6, 6.07) is 10.3. The molecule has 1 aromatic heterocycles. The van der Waals surface area contributed by atoms with Gasteiger partial charge in [-0.1, -0.05) is 42.3 Å². The van der Waals surface area contributed by atoms with Crippen LogP contribution in [0.3, 0.4) is 0 Å². The molecule has 0 fully saturated rings. The quantitative estimate of drug-likeness (QED) is 0.802. The van der Waals surface area contributed by atoms with Crippen LogP contribution < -0.4 is 5.32 Å². The van der Waals surface area contributed by atoms with Crippen molar-refractivity contribution < 1.29 is 0 Å². The predicted molar refractivity (Wildman–Crippen MR) is 86.7 cm³/mol. The molecule has 0 saturated carbocycles. The average Bonchev–Trinajstić information content (AvgIpc) is 2.89. The molecule has 0 aliphatic heterocycles.